The van der Waals surface area contributed by atoms with Crippen molar-refractivity contribution in [2.24, 2.45) is 11.8 Å². The van der Waals surface area contributed by atoms with E-state index in [1.54, 1.807) is 11.3 Å². The van der Waals surface area contributed by atoms with Crippen molar-refractivity contribution in [3.8, 4) is 0 Å². The number of amides is 1. The number of carbonyl (C=O) groups is 1. The van der Waals surface area contributed by atoms with E-state index in [4.69, 9.17) is 0 Å². The van der Waals surface area contributed by atoms with Crippen LogP contribution in [0.4, 0.5) is 0 Å². The second-order valence-corrected chi connectivity index (χ2v) is 5.45. The molecule has 0 aliphatic carbocycles. The summed E-state index contributed by atoms with van der Waals surface area (Å²) in [5.41, 5.74) is 0.971. The second kappa shape index (κ2) is 8.74. The number of aryl methyl sites for hydroxylation is 1. The van der Waals surface area contributed by atoms with E-state index in [-0.39, 0.29) is 36.6 Å². The first kappa shape index (κ1) is 18.6. The predicted octanol–water partition coefficient (Wildman–Crippen LogP) is 2.02. The second-order valence-electron chi connectivity index (χ2n) is 4.51. The lowest BCUT2D eigenvalue weighted by Gasteiger charge is -2.31. The maximum Gasteiger partial charge on any atom is 0.223 e. The molecule has 4 nitrogen and oxygen atoms in total. The quantitative estimate of drug-likeness (QED) is 0.870. The minimum atomic E-state index is 0. The van der Waals surface area contributed by atoms with E-state index >= 15 is 0 Å². The summed E-state index contributed by atoms with van der Waals surface area (Å²) >= 11 is 1.66. The summed E-state index contributed by atoms with van der Waals surface area (Å²) in [5, 5.41) is 9.31. The molecular weight excluding hydrogens is 305 g/mol. The molecule has 1 saturated heterocycles. The molecule has 0 spiro atoms. The summed E-state index contributed by atoms with van der Waals surface area (Å²) in [6.07, 6.45) is 0.961. The number of thiazole rings is 1. The smallest absolute Gasteiger partial charge is 0.223 e. The summed E-state index contributed by atoms with van der Waals surface area (Å²) in [4.78, 5) is 16.3. The van der Waals surface area contributed by atoms with Crippen LogP contribution in [0.25, 0.3) is 0 Å². The molecule has 1 atom stereocenters. The Morgan fingerprint density at radius 2 is 2.26 bits per heavy atom. The molecule has 2 heterocycles. The van der Waals surface area contributed by atoms with E-state index in [1.165, 1.54) is 0 Å². The summed E-state index contributed by atoms with van der Waals surface area (Å²) in [7, 11) is 0. The Hall–Kier alpha value is -0.360. The first-order valence-corrected chi connectivity index (χ1v) is 7.00. The van der Waals surface area contributed by atoms with Crippen molar-refractivity contribution in [2.75, 3.05) is 13.1 Å². The Morgan fingerprint density at radius 1 is 1.58 bits per heavy atom. The van der Waals surface area contributed by atoms with Gasteiger partial charge in [0, 0.05) is 11.3 Å². The van der Waals surface area contributed by atoms with Gasteiger partial charge in [-0.05, 0) is 25.4 Å². The lowest BCUT2D eigenvalue weighted by atomic mass is 9.88. The number of rotatable bonds is 5. The highest BCUT2D eigenvalue weighted by molar-refractivity contribution is 7.09. The van der Waals surface area contributed by atoms with Gasteiger partial charge in [-0.3, -0.25) is 4.79 Å². The van der Waals surface area contributed by atoms with Crippen molar-refractivity contribution in [2.45, 2.75) is 26.8 Å². The summed E-state index contributed by atoms with van der Waals surface area (Å²) in [6.45, 7) is 6.57. The highest BCUT2D eigenvalue weighted by Crippen LogP contribution is 2.16. The molecule has 1 aromatic rings. The Bertz CT molecular complexity index is 396. The van der Waals surface area contributed by atoms with E-state index in [1.807, 2.05) is 12.3 Å². The first-order chi connectivity index (χ1) is 8.20. The summed E-state index contributed by atoms with van der Waals surface area (Å²) < 4.78 is 0. The maximum atomic E-state index is 11.9. The topological polar surface area (TPSA) is 54.0 Å². The van der Waals surface area contributed by atoms with Gasteiger partial charge in [-0.25, -0.2) is 4.98 Å². The van der Waals surface area contributed by atoms with Crippen LogP contribution in [0.5, 0.6) is 0 Å². The third-order valence-corrected chi connectivity index (χ3v) is 4.32. The zero-order chi connectivity index (χ0) is 12.3. The van der Waals surface area contributed by atoms with Gasteiger partial charge in [0.25, 0.3) is 0 Å². The van der Waals surface area contributed by atoms with Gasteiger partial charge in [0.2, 0.25) is 5.91 Å². The van der Waals surface area contributed by atoms with Gasteiger partial charge in [-0.1, -0.05) is 13.8 Å². The standard InChI is InChI=1S/C12H19N3OS.2ClH/c1-3-11-15-10(7-17-11)6-14-12(16)8(2)9-4-13-5-9;;/h7-9,13H,3-6H2,1-2H3,(H,14,16);2*1H. The molecule has 19 heavy (non-hydrogen) atoms. The van der Waals surface area contributed by atoms with Crippen LogP contribution in [-0.4, -0.2) is 24.0 Å². The monoisotopic (exact) mass is 325 g/mol. The molecule has 0 bridgehead atoms. The Labute approximate surface area is 130 Å². The SMILES string of the molecule is CCc1nc(CNC(=O)C(C)C2CNC2)cs1.Cl.Cl. The average molecular weight is 326 g/mol. The molecule has 1 amide bonds. The average Bonchev–Trinajstić information content (AvgIpc) is 2.71. The molecule has 110 valence electrons. The van der Waals surface area contributed by atoms with E-state index in [0.717, 1.165) is 30.2 Å². The van der Waals surface area contributed by atoms with Crippen LogP contribution in [0.2, 0.25) is 0 Å². The molecule has 1 aromatic heterocycles. The van der Waals surface area contributed by atoms with Crippen LogP contribution in [-0.2, 0) is 17.8 Å². The Balaban J connectivity index is 0.00000162. The fraction of sp³-hybridized carbons (Fsp3) is 0.667. The van der Waals surface area contributed by atoms with Crippen molar-refractivity contribution in [3.63, 3.8) is 0 Å². The Kier molecular flexibility index (Phi) is 8.57. The third kappa shape index (κ3) is 4.91. The van der Waals surface area contributed by atoms with E-state index in [9.17, 15) is 4.79 Å². The van der Waals surface area contributed by atoms with Gasteiger partial charge in [0.05, 0.1) is 17.2 Å². The van der Waals surface area contributed by atoms with Crippen LogP contribution in [0.15, 0.2) is 5.38 Å². The Morgan fingerprint density at radius 3 is 2.74 bits per heavy atom. The number of nitrogens with one attached hydrogen (secondary N) is 2. The number of halogens is 2. The van der Waals surface area contributed by atoms with Crippen LogP contribution in [0.3, 0.4) is 0 Å². The molecule has 0 aromatic carbocycles. The highest BCUT2D eigenvalue weighted by Gasteiger charge is 2.28. The molecule has 0 saturated carbocycles. The molecule has 2 N–H and O–H groups in total. The molecule has 1 aliphatic rings. The van der Waals surface area contributed by atoms with E-state index < -0.39 is 0 Å². The number of hydrogen-bond donors (Lipinski definition) is 2. The van der Waals surface area contributed by atoms with Gasteiger partial charge in [-0.2, -0.15) is 0 Å². The third-order valence-electron chi connectivity index (χ3n) is 3.28. The van der Waals surface area contributed by atoms with Crippen LogP contribution >= 0.6 is 36.2 Å². The lowest BCUT2D eigenvalue weighted by molar-refractivity contribution is -0.126. The highest BCUT2D eigenvalue weighted by atomic mass is 35.5. The fourth-order valence-electron chi connectivity index (χ4n) is 1.81. The van der Waals surface area contributed by atoms with Crippen molar-refractivity contribution in [3.05, 3.63) is 16.1 Å². The molecule has 0 radical (unpaired) electrons. The van der Waals surface area contributed by atoms with Crippen LogP contribution in [0, 0.1) is 11.8 Å². The molecule has 1 unspecified atom stereocenters. The van der Waals surface area contributed by atoms with Crippen molar-refractivity contribution >= 4 is 42.1 Å². The molecule has 1 aliphatic heterocycles. The van der Waals surface area contributed by atoms with E-state index in [0.29, 0.717) is 12.5 Å². The number of carbonyl (C=O) groups excluding carboxylic acids is 1. The van der Waals surface area contributed by atoms with Gasteiger partial charge in [0.1, 0.15) is 0 Å². The molecule has 1 fully saturated rings. The number of nitrogens with zero attached hydrogens (tertiary/aromatic N) is 1. The van der Waals surface area contributed by atoms with Gasteiger partial charge in [0.15, 0.2) is 0 Å². The van der Waals surface area contributed by atoms with E-state index in [2.05, 4.69) is 22.5 Å². The largest absolute Gasteiger partial charge is 0.350 e. The minimum absolute atomic E-state index is 0. The normalized spacial score (nSPS) is 15.7. The predicted molar refractivity (Wildman–Crippen MR) is 83.4 cm³/mol. The lowest BCUT2D eigenvalue weighted by Crippen LogP contribution is -2.49. The number of hydrogen-bond acceptors (Lipinski definition) is 4. The number of aromatic nitrogens is 1. The van der Waals surface area contributed by atoms with Gasteiger partial charge < -0.3 is 10.6 Å². The minimum Gasteiger partial charge on any atom is -0.350 e. The first-order valence-electron chi connectivity index (χ1n) is 6.12. The molecule has 2 rings (SSSR count). The van der Waals surface area contributed by atoms with Crippen LogP contribution in [0.1, 0.15) is 24.5 Å². The molecule has 7 heteroatoms. The van der Waals surface area contributed by atoms with Gasteiger partial charge in [-0.15, -0.1) is 36.2 Å². The fourth-order valence-corrected chi connectivity index (χ4v) is 2.55. The molecular formula is C12H21Cl2N3OS. The van der Waals surface area contributed by atoms with Crippen molar-refractivity contribution in [1.29, 1.82) is 0 Å². The zero-order valence-electron chi connectivity index (χ0n) is 11.1. The van der Waals surface area contributed by atoms with Gasteiger partial charge >= 0.3 is 0 Å². The van der Waals surface area contributed by atoms with Crippen LogP contribution < -0.4 is 10.6 Å². The summed E-state index contributed by atoms with van der Waals surface area (Å²) in [6, 6.07) is 0. The van der Waals surface area contributed by atoms with Crippen molar-refractivity contribution < 1.29 is 4.79 Å². The van der Waals surface area contributed by atoms with Crippen molar-refractivity contribution in [1.82, 2.24) is 15.6 Å². The zero-order valence-corrected chi connectivity index (χ0v) is 13.6. The summed E-state index contributed by atoms with van der Waals surface area (Å²) in [5.74, 6) is 0.736. The maximum absolute atomic E-state index is 11.9.